The normalized spacial score (nSPS) is 13.4. The largest absolute Gasteiger partial charge is 0.310 e. The molecule has 11 rings (SSSR count). The summed E-state index contributed by atoms with van der Waals surface area (Å²) < 4.78 is 14.2. The van der Waals surface area contributed by atoms with E-state index in [1.54, 1.807) is 0 Å². The Balaban J connectivity index is 1.32. The molecule has 0 saturated heterocycles. The highest BCUT2D eigenvalue weighted by Crippen LogP contribution is 2.66. The fourth-order valence-electron chi connectivity index (χ4n) is 9.36. The molecule has 0 bridgehead atoms. The molecule has 238 valence electrons. The van der Waals surface area contributed by atoms with Crippen molar-refractivity contribution in [3.8, 4) is 22.3 Å². The van der Waals surface area contributed by atoms with Crippen LogP contribution in [-0.4, -0.2) is 0 Å². The van der Waals surface area contributed by atoms with Gasteiger partial charge in [0.05, 0.1) is 5.41 Å². The molecule has 0 unspecified atom stereocenters. The van der Waals surface area contributed by atoms with Crippen LogP contribution >= 0.6 is 0 Å². The summed E-state index contributed by atoms with van der Waals surface area (Å²) in [4.78, 5) is 2.22. The van der Waals surface area contributed by atoms with E-state index in [-0.39, 0.29) is 5.82 Å². The molecule has 2 aliphatic rings. The van der Waals surface area contributed by atoms with Crippen molar-refractivity contribution in [3.63, 3.8) is 0 Å². The van der Waals surface area contributed by atoms with E-state index in [0.717, 1.165) is 17.1 Å². The number of nitrogens with zero attached hydrogens (tertiary/aromatic N) is 1. The Morgan fingerprint density at radius 2 is 0.961 bits per heavy atom. The number of anilines is 3. The van der Waals surface area contributed by atoms with Crippen LogP contribution in [0.25, 0.3) is 54.6 Å². The fraction of sp³-hybridized carbons (Fsp3) is 0.0204. The minimum atomic E-state index is -0.498. The molecule has 2 aliphatic carbocycles. The molecular weight excluding hydrogens is 622 g/mol. The number of halogens is 1. The Bertz CT molecular complexity index is 2820. The van der Waals surface area contributed by atoms with Crippen LogP contribution in [0.1, 0.15) is 22.3 Å². The maximum Gasteiger partial charge on any atom is 0.123 e. The van der Waals surface area contributed by atoms with E-state index in [0.29, 0.717) is 0 Å². The van der Waals surface area contributed by atoms with Gasteiger partial charge in [-0.1, -0.05) is 133 Å². The lowest BCUT2D eigenvalue weighted by Crippen LogP contribution is -2.26. The predicted molar refractivity (Wildman–Crippen MR) is 210 cm³/mol. The molecule has 0 radical (unpaired) electrons. The summed E-state index contributed by atoms with van der Waals surface area (Å²) in [7, 11) is 0. The molecule has 1 spiro atoms. The first-order valence-corrected chi connectivity index (χ1v) is 17.5. The Morgan fingerprint density at radius 3 is 1.71 bits per heavy atom. The van der Waals surface area contributed by atoms with Crippen molar-refractivity contribution < 1.29 is 4.39 Å². The summed E-state index contributed by atoms with van der Waals surface area (Å²) >= 11 is 0. The maximum atomic E-state index is 14.2. The third kappa shape index (κ3) is 3.74. The molecule has 1 nitrogen and oxygen atoms in total. The molecule has 0 aliphatic heterocycles. The summed E-state index contributed by atoms with van der Waals surface area (Å²) in [5.41, 5.74) is 13.0. The Labute approximate surface area is 295 Å². The van der Waals surface area contributed by atoms with E-state index < -0.39 is 5.41 Å². The van der Waals surface area contributed by atoms with Crippen LogP contribution in [-0.2, 0) is 5.41 Å². The molecule has 2 heteroatoms. The molecular formula is C49H30FN. The molecule has 0 atom stereocenters. The smallest absolute Gasteiger partial charge is 0.123 e. The summed E-state index contributed by atoms with van der Waals surface area (Å²) in [6.45, 7) is 0. The number of para-hydroxylation sites is 1. The zero-order valence-electron chi connectivity index (χ0n) is 27.6. The molecule has 0 fully saturated rings. The molecule has 0 saturated carbocycles. The van der Waals surface area contributed by atoms with E-state index in [4.69, 9.17) is 0 Å². The summed E-state index contributed by atoms with van der Waals surface area (Å²) in [6, 6.07) is 64.6. The number of hydrogen-bond donors (Lipinski definition) is 0. The lowest BCUT2D eigenvalue weighted by atomic mass is 9.69. The van der Waals surface area contributed by atoms with Gasteiger partial charge in [-0.15, -0.1) is 0 Å². The van der Waals surface area contributed by atoms with E-state index in [2.05, 4.69) is 157 Å². The first kappa shape index (κ1) is 28.3. The van der Waals surface area contributed by atoms with Crippen LogP contribution in [0.3, 0.4) is 0 Å². The van der Waals surface area contributed by atoms with Crippen LogP contribution in [0, 0.1) is 5.82 Å². The van der Waals surface area contributed by atoms with Gasteiger partial charge in [0.2, 0.25) is 0 Å². The number of hydrogen-bond acceptors (Lipinski definition) is 1. The molecule has 0 N–H and O–H groups in total. The van der Waals surface area contributed by atoms with E-state index in [1.165, 1.54) is 89.0 Å². The fourth-order valence-corrected chi connectivity index (χ4v) is 9.36. The molecule has 0 aromatic heterocycles. The monoisotopic (exact) mass is 651 g/mol. The highest BCUT2D eigenvalue weighted by molar-refractivity contribution is 6.23. The van der Waals surface area contributed by atoms with Gasteiger partial charge in [-0.05, 0) is 125 Å². The number of benzene rings is 9. The summed E-state index contributed by atoms with van der Waals surface area (Å²) in [5.74, 6) is -0.249. The third-order valence-corrected chi connectivity index (χ3v) is 11.3. The van der Waals surface area contributed by atoms with Crippen molar-refractivity contribution in [2.24, 2.45) is 0 Å². The Morgan fingerprint density at radius 1 is 0.373 bits per heavy atom. The van der Waals surface area contributed by atoms with Gasteiger partial charge in [-0.3, -0.25) is 0 Å². The van der Waals surface area contributed by atoms with E-state index in [9.17, 15) is 4.39 Å². The van der Waals surface area contributed by atoms with Crippen molar-refractivity contribution in [3.05, 3.63) is 210 Å². The van der Waals surface area contributed by atoms with Crippen molar-refractivity contribution in [2.75, 3.05) is 4.90 Å². The first-order valence-electron chi connectivity index (χ1n) is 17.5. The second kappa shape index (κ2) is 10.5. The lowest BCUT2D eigenvalue weighted by molar-refractivity contribution is 0.628. The average molecular weight is 652 g/mol. The average Bonchev–Trinajstić information content (AvgIpc) is 3.67. The highest BCUT2D eigenvalue weighted by Gasteiger charge is 2.53. The van der Waals surface area contributed by atoms with Crippen molar-refractivity contribution in [1.82, 2.24) is 0 Å². The van der Waals surface area contributed by atoms with Crippen LogP contribution in [0.5, 0.6) is 0 Å². The SMILES string of the molecule is Fc1ccc(N(c2ccccc2)c2ccc3c4c(c5ccccc5c3c2)-c2c(ccc3ccccc23)C42c3ccccc3-c3ccccc32)cc1. The quantitative estimate of drug-likeness (QED) is 0.172. The Kier molecular flexibility index (Phi) is 5.83. The summed E-state index contributed by atoms with van der Waals surface area (Å²) in [6.07, 6.45) is 0. The Hall–Kier alpha value is -6.51. The first-order chi connectivity index (χ1) is 25.2. The maximum absolute atomic E-state index is 14.2. The molecule has 0 amide bonds. The molecule has 0 heterocycles. The zero-order chi connectivity index (χ0) is 33.7. The van der Waals surface area contributed by atoms with Gasteiger partial charge < -0.3 is 4.90 Å². The van der Waals surface area contributed by atoms with E-state index in [1.807, 2.05) is 18.2 Å². The standard InChI is InChI=1S/C49H30FN/c50-32-23-25-34(26-24-32)51(33-13-2-1-3-14-33)35-27-28-41-42(30-35)37-16-6-7-19-40(37)47-46-36-15-5-4-12-31(36)22-29-45(46)49(48(41)47)43-20-10-8-17-38(43)39-18-9-11-21-44(39)49/h1-30H. The van der Waals surface area contributed by atoms with Crippen LogP contribution in [0.4, 0.5) is 21.5 Å². The second-order valence-electron chi connectivity index (χ2n) is 13.7. The molecule has 9 aromatic carbocycles. The van der Waals surface area contributed by atoms with Crippen molar-refractivity contribution in [2.45, 2.75) is 5.41 Å². The minimum absolute atomic E-state index is 0.249. The van der Waals surface area contributed by atoms with Crippen molar-refractivity contribution >= 4 is 49.4 Å². The van der Waals surface area contributed by atoms with Gasteiger partial charge in [0.15, 0.2) is 0 Å². The minimum Gasteiger partial charge on any atom is -0.310 e. The van der Waals surface area contributed by atoms with Crippen LogP contribution < -0.4 is 4.90 Å². The van der Waals surface area contributed by atoms with E-state index >= 15 is 0 Å². The van der Waals surface area contributed by atoms with Crippen molar-refractivity contribution in [1.29, 1.82) is 0 Å². The number of fused-ring (bicyclic) bond motifs is 17. The molecule has 9 aromatic rings. The predicted octanol–water partition coefficient (Wildman–Crippen LogP) is 13.1. The highest BCUT2D eigenvalue weighted by atomic mass is 19.1. The van der Waals surface area contributed by atoms with Crippen LogP contribution in [0.15, 0.2) is 182 Å². The van der Waals surface area contributed by atoms with Gasteiger partial charge in [0, 0.05) is 17.1 Å². The number of rotatable bonds is 3. The lowest BCUT2D eigenvalue weighted by Gasteiger charge is -2.32. The van der Waals surface area contributed by atoms with Gasteiger partial charge >= 0.3 is 0 Å². The third-order valence-electron chi connectivity index (χ3n) is 11.3. The summed E-state index contributed by atoms with van der Waals surface area (Å²) in [5, 5.41) is 7.44. The molecule has 51 heavy (non-hydrogen) atoms. The second-order valence-corrected chi connectivity index (χ2v) is 13.7. The van der Waals surface area contributed by atoms with Gasteiger partial charge in [-0.25, -0.2) is 4.39 Å². The topological polar surface area (TPSA) is 3.24 Å². The zero-order valence-corrected chi connectivity index (χ0v) is 27.6. The van der Waals surface area contributed by atoms with Gasteiger partial charge in [0.25, 0.3) is 0 Å². The van der Waals surface area contributed by atoms with Gasteiger partial charge in [0.1, 0.15) is 5.82 Å². The van der Waals surface area contributed by atoms with Crippen LogP contribution in [0.2, 0.25) is 0 Å². The van der Waals surface area contributed by atoms with Gasteiger partial charge in [-0.2, -0.15) is 0 Å².